The third-order valence-corrected chi connectivity index (χ3v) is 3.38. The average Bonchev–Trinajstić information content (AvgIpc) is 2.96. The van der Waals surface area contributed by atoms with Crippen LogP contribution in [0.1, 0.15) is 21.6 Å². The van der Waals surface area contributed by atoms with Crippen LogP contribution in [0.3, 0.4) is 0 Å². The lowest BCUT2D eigenvalue weighted by Crippen LogP contribution is -2.00. The molecule has 0 spiro atoms. The molecule has 5 heteroatoms. The van der Waals surface area contributed by atoms with Crippen molar-refractivity contribution in [3.8, 4) is 5.75 Å². The van der Waals surface area contributed by atoms with E-state index in [1.54, 1.807) is 6.07 Å². The molecule has 0 fully saturated rings. The predicted octanol–water partition coefficient (Wildman–Crippen LogP) is 3.44. The van der Waals surface area contributed by atoms with E-state index >= 15 is 0 Å². The van der Waals surface area contributed by atoms with E-state index in [2.05, 4.69) is 10.2 Å². The van der Waals surface area contributed by atoms with Gasteiger partial charge < -0.3 is 9.84 Å². The van der Waals surface area contributed by atoms with Gasteiger partial charge in [-0.1, -0.05) is 36.4 Å². The van der Waals surface area contributed by atoms with Crippen molar-refractivity contribution in [3.63, 3.8) is 0 Å². The molecule has 1 aromatic heterocycles. The molecule has 110 valence electrons. The van der Waals surface area contributed by atoms with Gasteiger partial charge >= 0.3 is 5.97 Å². The number of carbonyl (C=O) groups is 1. The number of ether oxygens (including phenoxy) is 1. The fourth-order valence-corrected chi connectivity index (χ4v) is 2.35. The van der Waals surface area contributed by atoms with E-state index in [1.165, 1.54) is 13.2 Å². The highest BCUT2D eigenvalue weighted by atomic mass is 16.5. The molecule has 0 bridgehead atoms. The van der Waals surface area contributed by atoms with Crippen molar-refractivity contribution >= 4 is 29.0 Å². The number of carboxylic acid groups (broad SMARTS) is 1. The molecule has 1 heterocycles. The zero-order valence-electron chi connectivity index (χ0n) is 11.9. The number of aromatic amines is 1. The molecule has 0 saturated carbocycles. The first-order valence-electron chi connectivity index (χ1n) is 6.72. The van der Waals surface area contributed by atoms with Gasteiger partial charge in [0.05, 0.1) is 23.7 Å². The van der Waals surface area contributed by atoms with Crippen LogP contribution in [0.4, 0.5) is 0 Å². The third kappa shape index (κ3) is 2.44. The van der Waals surface area contributed by atoms with Crippen molar-refractivity contribution in [2.24, 2.45) is 0 Å². The Bertz CT molecular complexity index is 851. The Kier molecular flexibility index (Phi) is 3.62. The molecule has 22 heavy (non-hydrogen) atoms. The Morgan fingerprint density at radius 1 is 1.18 bits per heavy atom. The maximum absolute atomic E-state index is 11.3. The van der Waals surface area contributed by atoms with Crippen LogP contribution < -0.4 is 4.74 Å². The fraction of sp³-hybridized carbons (Fsp3) is 0.0588. The summed E-state index contributed by atoms with van der Waals surface area (Å²) in [5, 5.41) is 17.1. The van der Waals surface area contributed by atoms with Crippen LogP contribution in [0.5, 0.6) is 5.75 Å². The molecular weight excluding hydrogens is 280 g/mol. The van der Waals surface area contributed by atoms with Gasteiger partial charge in [0.15, 0.2) is 0 Å². The van der Waals surface area contributed by atoms with Crippen LogP contribution in [0.15, 0.2) is 42.5 Å². The lowest BCUT2D eigenvalue weighted by atomic mass is 10.1. The van der Waals surface area contributed by atoms with Gasteiger partial charge in [-0.05, 0) is 23.8 Å². The molecule has 5 nitrogen and oxygen atoms in total. The van der Waals surface area contributed by atoms with E-state index in [4.69, 9.17) is 4.74 Å². The average molecular weight is 294 g/mol. The van der Waals surface area contributed by atoms with Gasteiger partial charge in [0.1, 0.15) is 11.3 Å². The summed E-state index contributed by atoms with van der Waals surface area (Å²) in [4.78, 5) is 11.3. The summed E-state index contributed by atoms with van der Waals surface area (Å²) in [7, 11) is 1.46. The van der Waals surface area contributed by atoms with Gasteiger partial charge in [0.25, 0.3) is 0 Å². The highest BCUT2D eigenvalue weighted by molar-refractivity contribution is 6.02. The van der Waals surface area contributed by atoms with E-state index in [0.29, 0.717) is 16.8 Å². The lowest BCUT2D eigenvalue weighted by Gasteiger charge is -2.06. The first kappa shape index (κ1) is 13.9. The van der Waals surface area contributed by atoms with Gasteiger partial charge in [0.2, 0.25) is 0 Å². The smallest absolute Gasteiger partial charge is 0.339 e. The zero-order chi connectivity index (χ0) is 15.5. The van der Waals surface area contributed by atoms with Crippen molar-refractivity contribution in [1.82, 2.24) is 10.2 Å². The molecule has 0 unspecified atom stereocenters. The summed E-state index contributed by atoms with van der Waals surface area (Å²) < 4.78 is 5.30. The maximum Gasteiger partial charge on any atom is 0.339 e. The van der Waals surface area contributed by atoms with Crippen molar-refractivity contribution < 1.29 is 14.6 Å². The monoisotopic (exact) mass is 294 g/mol. The SMILES string of the molecule is COc1c(C(=O)O)ccc2[nH]nc(C=Cc3ccccc3)c12. The Morgan fingerprint density at radius 3 is 2.64 bits per heavy atom. The quantitative estimate of drug-likeness (QED) is 0.773. The molecule has 3 rings (SSSR count). The van der Waals surface area contributed by atoms with Crippen LogP contribution in [0.2, 0.25) is 0 Å². The molecule has 2 N–H and O–H groups in total. The van der Waals surface area contributed by atoms with Crippen LogP contribution in [0, 0.1) is 0 Å². The normalized spacial score (nSPS) is 11.1. The molecule has 0 amide bonds. The molecular formula is C17H14N2O3. The van der Waals surface area contributed by atoms with Gasteiger partial charge in [-0.2, -0.15) is 5.10 Å². The van der Waals surface area contributed by atoms with Crippen LogP contribution in [-0.2, 0) is 0 Å². The van der Waals surface area contributed by atoms with Crippen molar-refractivity contribution in [1.29, 1.82) is 0 Å². The third-order valence-electron chi connectivity index (χ3n) is 3.38. The zero-order valence-corrected chi connectivity index (χ0v) is 11.9. The van der Waals surface area contributed by atoms with E-state index in [1.807, 2.05) is 42.5 Å². The molecule has 3 aromatic rings. The van der Waals surface area contributed by atoms with E-state index in [-0.39, 0.29) is 5.56 Å². The summed E-state index contributed by atoms with van der Waals surface area (Å²) in [6.45, 7) is 0. The molecule has 0 radical (unpaired) electrons. The number of fused-ring (bicyclic) bond motifs is 1. The first-order chi connectivity index (χ1) is 10.7. The predicted molar refractivity (Wildman–Crippen MR) is 85.0 cm³/mol. The number of hydrogen-bond acceptors (Lipinski definition) is 3. The molecule has 2 aromatic carbocycles. The Hall–Kier alpha value is -3.08. The number of H-pyrrole nitrogens is 1. The van der Waals surface area contributed by atoms with Gasteiger partial charge in [0, 0.05) is 0 Å². The number of nitrogens with one attached hydrogen (secondary N) is 1. The van der Waals surface area contributed by atoms with Crippen molar-refractivity contribution in [2.75, 3.05) is 7.11 Å². The Balaban J connectivity index is 2.12. The second-order valence-corrected chi connectivity index (χ2v) is 4.73. The summed E-state index contributed by atoms with van der Waals surface area (Å²) in [6.07, 6.45) is 3.75. The minimum Gasteiger partial charge on any atom is -0.495 e. The van der Waals surface area contributed by atoms with Crippen molar-refractivity contribution in [3.05, 3.63) is 59.3 Å². The van der Waals surface area contributed by atoms with Crippen molar-refractivity contribution in [2.45, 2.75) is 0 Å². The molecule has 0 aliphatic heterocycles. The fourth-order valence-electron chi connectivity index (χ4n) is 2.35. The van der Waals surface area contributed by atoms with E-state index in [0.717, 1.165) is 11.1 Å². The summed E-state index contributed by atoms with van der Waals surface area (Å²) in [6, 6.07) is 13.0. The molecule has 0 aliphatic rings. The second-order valence-electron chi connectivity index (χ2n) is 4.73. The topological polar surface area (TPSA) is 75.2 Å². The van der Waals surface area contributed by atoms with Gasteiger partial charge in [-0.25, -0.2) is 4.79 Å². The number of rotatable bonds is 4. The number of hydrogen-bond donors (Lipinski definition) is 2. The minimum absolute atomic E-state index is 0.116. The minimum atomic E-state index is -1.03. The standard InChI is InChI=1S/C17H14N2O3/c1-22-16-12(17(20)21)8-10-14-15(16)13(18-19-14)9-7-11-5-3-2-4-6-11/h2-10H,1H3,(H,18,19)(H,20,21). The molecule has 0 saturated heterocycles. The van der Waals surface area contributed by atoms with Crippen LogP contribution in [0.25, 0.3) is 23.1 Å². The number of methoxy groups -OCH3 is 1. The number of nitrogens with zero attached hydrogens (tertiary/aromatic N) is 1. The van der Waals surface area contributed by atoms with Crippen LogP contribution >= 0.6 is 0 Å². The number of carboxylic acids is 1. The second kappa shape index (κ2) is 5.73. The number of aromatic nitrogens is 2. The van der Waals surface area contributed by atoms with Crippen LogP contribution in [-0.4, -0.2) is 28.4 Å². The number of benzene rings is 2. The number of aromatic carboxylic acids is 1. The lowest BCUT2D eigenvalue weighted by molar-refractivity contribution is 0.0693. The maximum atomic E-state index is 11.3. The largest absolute Gasteiger partial charge is 0.495 e. The molecule has 0 aliphatic carbocycles. The Morgan fingerprint density at radius 2 is 1.95 bits per heavy atom. The molecule has 0 atom stereocenters. The summed E-state index contributed by atoms with van der Waals surface area (Å²) in [5.41, 5.74) is 2.52. The Labute approximate surface area is 126 Å². The van der Waals surface area contributed by atoms with Gasteiger partial charge in [-0.3, -0.25) is 5.10 Å². The van der Waals surface area contributed by atoms with Gasteiger partial charge in [-0.15, -0.1) is 0 Å². The van der Waals surface area contributed by atoms with E-state index in [9.17, 15) is 9.90 Å². The first-order valence-corrected chi connectivity index (χ1v) is 6.72. The highest BCUT2D eigenvalue weighted by Gasteiger charge is 2.17. The van der Waals surface area contributed by atoms with E-state index < -0.39 is 5.97 Å². The summed E-state index contributed by atoms with van der Waals surface area (Å²) >= 11 is 0. The summed E-state index contributed by atoms with van der Waals surface area (Å²) in [5.74, 6) is -0.718. The highest BCUT2D eigenvalue weighted by Crippen LogP contribution is 2.32.